The minimum absolute atomic E-state index is 0.117. The summed E-state index contributed by atoms with van der Waals surface area (Å²) in [6, 6.07) is 12.2. The highest BCUT2D eigenvalue weighted by molar-refractivity contribution is 7.98. The third-order valence-corrected chi connectivity index (χ3v) is 11.2. The molecule has 4 saturated carbocycles. The number of carbonyl (C=O) groups is 3. The summed E-state index contributed by atoms with van der Waals surface area (Å²) < 4.78 is 0. The molecule has 39 heavy (non-hydrogen) atoms. The van der Waals surface area contributed by atoms with E-state index in [-0.39, 0.29) is 24.1 Å². The summed E-state index contributed by atoms with van der Waals surface area (Å²) in [5.74, 6) is 2.95. The van der Waals surface area contributed by atoms with E-state index in [4.69, 9.17) is 0 Å². The van der Waals surface area contributed by atoms with Gasteiger partial charge in [0.25, 0.3) is 5.91 Å². The van der Waals surface area contributed by atoms with Crippen LogP contribution in [0.5, 0.6) is 0 Å². The van der Waals surface area contributed by atoms with Gasteiger partial charge in [0.05, 0.1) is 0 Å². The molecule has 7 heteroatoms. The molecule has 2 heterocycles. The zero-order valence-electron chi connectivity index (χ0n) is 22.6. The fourth-order valence-corrected chi connectivity index (χ4v) is 9.65. The lowest BCUT2D eigenvalue weighted by Crippen LogP contribution is -2.58. The highest BCUT2D eigenvalue weighted by atomic mass is 32.2. The predicted molar refractivity (Wildman–Crippen MR) is 151 cm³/mol. The topological polar surface area (TPSA) is 78.5 Å². The number of nitrogens with one attached hydrogen (secondary N) is 2. The molecule has 6 aliphatic rings. The van der Waals surface area contributed by atoms with Gasteiger partial charge in [0, 0.05) is 41.3 Å². The van der Waals surface area contributed by atoms with E-state index < -0.39 is 6.04 Å². The van der Waals surface area contributed by atoms with E-state index in [2.05, 4.69) is 41.8 Å². The Morgan fingerprint density at radius 1 is 1.03 bits per heavy atom. The number of aryl methyl sites for hydroxylation is 1. The van der Waals surface area contributed by atoms with Crippen LogP contribution in [-0.2, 0) is 28.4 Å². The van der Waals surface area contributed by atoms with E-state index in [1.807, 2.05) is 12.1 Å². The molecule has 0 spiro atoms. The average Bonchev–Trinajstić information content (AvgIpc) is 3.23. The molecule has 2 aromatic carbocycles. The zero-order valence-corrected chi connectivity index (χ0v) is 23.4. The van der Waals surface area contributed by atoms with E-state index in [0.717, 1.165) is 40.5 Å². The van der Waals surface area contributed by atoms with Gasteiger partial charge >= 0.3 is 0 Å². The molecule has 2 N–H and O–H groups in total. The fraction of sp³-hybridized carbons (Fsp3) is 0.531. The van der Waals surface area contributed by atoms with Gasteiger partial charge in [-0.05, 0) is 104 Å². The van der Waals surface area contributed by atoms with Crippen molar-refractivity contribution in [2.24, 2.45) is 17.8 Å². The Labute approximate surface area is 234 Å². The lowest BCUT2D eigenvalue weighted by Gasteiger charge is -2.57. The number of carbonyl (C=O) groups excluding carboxylic acids is 3. The van der Waals surface area contributed by atoms with Crippen LogP contribution in [0.15, 0.2) is 41.3 Å². The van der Waals surface area contributed by atoms with Gasteiger partial charge in [-0.2, -0.15) is 0 Å². The van der Waals surface area contributed by atoms with E-state index in [0.29, 0.717) is 24.1 Å². The Balaban J connectivity index is 0.999. The van der Waals surface area contributed by atoms with Crippen LogP contribution in [0.4, 0.5) is 0 Å². The molecule has 1 atom stereocenters. The standard InChI is InChI=1S/C32H37N3O3S/c1-19-9-20(16-33-32-13-21-10-22(14-32)12-23(11-21)15-32)5-6-24(19)18-39-28-4-2-3-25-26(28)17-35(31(25)38)27-7-8-29(36)34-30(27)37/h2-6,9,21-23,27,33H,7-8,10-18H2,1H3,(H,34,36,37). The van der Waals surface area contributed by atoms with Crippen LogP contribution in [0, 0.1) is 24.7 Å². The van der Waals surface area contributed by atoms with Gasteiger partial charge in [-0.15, -0.1) is 11.8 Å². The molecule has 4 aliphatic carbocycles. The van der Waals surface area contributed by atoms with E-state index in [9.17, 15) is 14.4 Å². The molecule has 8 rings (SSSR count). The van der Waals surface area contributed by atoms with Crippen molar-refractivity contribution in [3.63, 3.8) is 0 Å². The van der Waals surface area contributed by atoms with Gasteiger partial charge in [-0.25, -0.2) is 0 Å². The normalized spacial score (nSPS) is 31.1. The van der Waals surface area contributed by atoms with Crippen molar-refractivity contribution in [3.05, 3.63) is 64.2 Å². The number of thioether (sulfide) groups is 1. The number of hydrogen-bond donors (Lipinski definition) is 2. The molecule has 4 bridgehead atoms. The molecule has 6 nitrogen and oxygen atoms in total. The quantitative estimate of drug-likeness (QED) is 0.375. The summed E-state index contributed by atoms with van der Waals surface area (Å²) in [6.07, 6.45) is 9.19. The van der Waals surface area contributed by atoms with E-state index >= 15 is 0 Å². The van der Waals surface area contributed by atoms with Gasteiger partial charge in [-0.3, -0.25) is 19.7 Å². The first-order valence-electron chi connectivity index (χ1n) is 14.6. The Kier molecular flexibility index (Phi) is 6.35. The van der Waals surface area contributed by atoms with Crippen molar-refractivity contribution in [2.45, 2.75) is 93.6 Å². The van der Waals surface area contributed by atoms with E-state index in [1.54, 1.807) is 16.7 Å². The largest absolute Gasteiger partial charge is 0.322 e. The second-order valence-electron chi connectivity index (χ2n) is 12.8. The maximum atomic E-state index is 13.1. The first-order chi connectivity index (χ1) is 18.9. The Morgan fingerprint density at radius 2 is 1.77 bits per heavy atom. The predicted octanol–water partition coefficient (Wildman–Crippen LogP) is 5.11. The molecule has 0 aromatic heterocycles. The van der Waals surface area contributed by atoms with Crippen molar-refractivity contribution in [2.75, 3.05) is 0 Å². The molecular formula is C32H37N3O3S. The van der Waals surface area contributed by atoms with Gasteiger partial charge < -0.3 is 10.2 Å². The highest BCUT2D eigenvalue weighted by Gasteiger charge is 2.50. The Bertz CT molecular complexity index is 1320. The van der Waals surface area contributed by atoms with Crippen LogP contribution in [-0.4, -0.2) is 34.2 Å². The smallest absolute Gasteiger partial charge is 0.255 e. The zero-order chi connectivity index (χ0) is 26.7. The van der Waals surface area contributed by atoms with Crippen molar-refractivity contribution in [1.29, 1.82) is 0 Å². The first-order valence-corrected chi connectivity index (χ1v) is 15.6. The third kappa shape index (κ3) is 4.71. The van der Waals surface area contributed by atoms with Gasteiger partial charge in [-0.1, -0.05) is 24.3 Å². The number of rotatable bonds is 7. The minimum Gasteiger partial charge on any atom is -0.322 e. The van der Waals surface area contributed by atoms with Crippen LogP contribution < -0.4 is 10.6 Å². The minimum atomic E-state index is -0.581. The second-order valence-corrected chi connectivity index (χ2v) is 13.8. The molecule has 2 aliphatic heterocycles. The number of imide groups is 1. The SMILES string of the molecule is Cc1cc(CNC23CC4CC(CC(C4)C2)C3)ccc1CSc1cccc2c1CN(C1CCC(=O)NC1=O)C2=O. The van der Waals surface area contributed by atoms with Crippen molar-refractivity contribution in [1.82, 2.24) is 15.5 Å². The summed E-state index contributed by atoms with van der Waals surface area (Å²) >= 11 is 1.75. The van der Waals surface area contributed by atoms with Crippen LogP contribution in [0.1, 0.15) is 84.0 Å². The summed E-state index contributed by atoms with van der Waals surface area (Å²) in [6.45, 7) is 3.57. The maximum absolute atomic E-state index is 13.1. The molecular weight excluding hydrogens is 506 g/mol. The van der Waals surface area contributed by atoms with Crippen molar-refractivity contribution < 1.29 is 14.4 Å². The van der Waals surface area contributed by atoms with Gasteiger partial charge in [0.2, 0.25) is 11.8 Å². The number of amides is 3. The monoisotopic (exact) mass is 543 g/mol. The first kappa shape index (κ1) is 25.3. The number of piperidine rings is 1. The molecule has 1 unspecified atom stereocenters. The number of benzene rings is 2. The van der Waals surface area contributed by atoms with Crippen molar-refractivity contribution >= 4 is 29.5 Å². The van der Waals surface area contributed by atoms with Crippen molar-refractivity contribution in [3.8, 4) is 0 Å². The Hall–Kier alpha value is -2.64. The number of fused-ring (bicyclic) bond motifs is 1. The average molecular weight is 544 g/mol. The summed E-state index contributed by atoms with van der Waals surface area (Å²) in [7, 11) is 0. The second kappa shape index (κ2) is 9.77. The number of nitrogens with zero attached hydrogens (tertiary/aromatic N) is 1. The summed E-state index contributed by atoms with van der Waals surface area (Å²) in [4.78, 5) is 39.9. The van der Waals surface area contributed by atoms with Gasteiger partial charge in [0.1, 0.15) is 6.04 Å². The van der Waals surface area contributed by atoms with Gasteiger partial charge in [0.15, 0.2) is 0 Å². The van der Waals surface area contributed by atoms with E-state index in [1.165, 1.54) is 55.2 Å². The fourth-order valence-electron chi connectivity index (χ4n) is 8.49. The molecule has 3 amide bonds. The van der Waals surface area contributed by atoms with Crippen LogP contribution in [0.2, 0.25) is 0 Å². The van der Waals surface area contributed by atoms with Crippen LogP contribution >= 0.6 is 11.8 Å². The molecule has 1 saturated heterocycles. The summed E-state index contributed by atoms with van der Waals surface area (Å²) in [5, 5.41) is 6.41. The third-order valence-electron chi connectivity index (χ3n) is 10.0. The molecule has 2 aromatic rings. The number of hydrogen-bond acceptors (Lipinski definition) is 5. The Morgan fingerprint density at radius 3 is 2.46 bits per heavy atom. The highest BCUT2D eigenvalue weighted by Crippen LogP contribution is 2.55. The van der Waals surface area contributed by atoms with Crippen LogP contribution in [0.25, 0.3) is 0 Å². The molecule has 5 fully saturated rings. The molecule has 0 radical (unpaired) electrons. The summed E-state index contributed by atoms with van der Waals surface area (Å²) in [5.41, 5.74) is 6.02. The maximum Gasteiger partial charge on any atom is 0.255 e. The lowest BCUT2D eigenvalue weighted by molar-refractivity contribution is -0.136. The lowest BCUT2D eigenvalue weighted by atomic mass is 9.53. The van der Waals surface area contributed by atoms with Crippen LogP contribution in [0.3, 0.4) is 0 Å². The molecule has 204 valence electrons.